The van der Waals surface area contributed by atoms with Gasteiger partial charge in [-0.3, -0.25) is 4.79 Å². The van der Waals surface area contributed by atoms with Crippen LogP contribution in [-0.2, 0) is 0 Å². The fourth-order valence-electron chi connectivity index (χ4n) is 2.66. The zero-order valence-corrected chi connectivity index (χ0v) is 12.0. The minimum atomic E-state index is -0.182. The molecule has 112 valence electrons. The van der Waals surface area contributed by atoms with Crippen LogP contribution in [0.15, 0.2) is 35.5 Å². The van der Waals surface area contributed by atoms with E-state index in [0.717, 1.165) is 19.4 Å². The molecule has 7 nitrogen and oxygen atoms in total. The molecular weight excluding hydrogens is 280 g/mol. The Bertz CT molecular complexity index is 750. The van der Waals surface area contributed by atoms with Crippen LogP contribution in [0.3, 0.4) is 0 Å². The monoisotopic (exact) mass is 296 g/mol. The maximum Gasteiger partial charge on any atom is 0.290 e. The van der Waals surface area contributed by atoms with Crippen molar-refractivity contribution in [3.8, 4) is 6.07 Å². The molecule has 0 spiro atoms. The summed E-state index contributed by atoms with van der Waals surface area (Å²) in [6, 6.07) is 5.73. The van der Waals surface area contributed by atoms with E-state index in [4.69, 9.17) is 5.26 Å². The van der Waals surface area contributed by atoms with Gasteiger partial charge in [0.05, 0.1) is 5.56 Å². The minimum Gasteiger partial charge on any atom is -0.364 e. The number of hydrogen-bond donors (Lipinski definition) is 2. The topological polar surface area (TPSA) is 97.7 Å². The number of nitrogens with one attached hydrogen (secondary N) is 2. The molecule has 2 N–H and O–H groups in total. The Hall–Kier alpha value is -2.88. The highest BCUT2D eigenvalue weighted by Crippen LogP contribution is 2.19. The molecule has 0 radical (unpaired) electrons. The lowest BCUT2D eigenvalue weighted by molar-refractivity contribution is 0.524. The van der Waals surface area contributed by atoms with Gasteiger partial charge in [0.15, 0.2) is 5.82 Å². The smallest absolute Gasteiger partial charge is 0.290 e. The second kappa shape index (κ2) is 6.26. The molecule has 1 aliphatic rings. The van der Waals surface area contributed by atoms with Crippen LogP contribution < -0.4 is 15.8 Å². The van der Waals surface area contributed by atoms with Gasteiger partial charge >= 0.3 is 0 Å². The largest absolute Gasteiger partial charge is 0.364 e. The van der Waals surface area contributed by atoms with Gasteiger partial charge in [0.1, 0.15) is 11.9 Å². The van der Waals surface area contributed by atoms with Gasteiger partial charge in [0, 0.05) is 37.7 Å². The van der Waals surface area contributed by atoms with Gasteiger partial charge in [0.25, 0.3) is 5.56 Å². The molecule has 0 unspecified atom stereocenters. The van der Waals surface area contributed by atoms with Crippen LogP contribution in [0.25, 0.3) is 0 Å². The molecule has 0 aliphatic carbocycles. The molecule has 1 saturated heterocycles. The van der Waals surface area contributed by atoms with Crippen molar-refractivity contribution in [3.63, 3.8) is 0 Å². The van der Waals surface area contributed by atoms with Crippen molar-refractivity contribution in [2.24, 2.45) is 0 Å². The number of rotatable bonds is 3. The normalized spacial score (nSPS) is 17.8. The Morgan fingerprint density at radius 1 is 1.41 bits per heavy atom. The zero-order valence-electron chi connectivity index (χ0n) is 12.0. The van der Waals surface area contributed by atoms with Crippen LogP contribution in [0.4, 0.5) is 11.6 Å². The van der Waals surface area contributed by atoms with Crippen molar-refractivity contribution in [1.82, 2.24) is 15.0 Å². The first-order valence-corrected chi connectivity index (χ1v) is 7.18. The summed E-state index contributed by atoms with van der Waals surface area (Å²) < 4.78 is 0. The molecule has 2 aromatic rings. The van der Waals surface area contributed by atoms with Gasteiger partial charge in [-0.05, 0) is 25.0 Å². The summed E-state index contributed by atoms with van der Waals surface area (Å²) >= 11 is 0. The molecule has 7 heteroatoms. The van der Waals surface area contributed by atoms with Crippen LogP contribution in [0, 0.1) is 11.3 Å². The Morgan fingerprint density at radius 3 is 3.14 bits per heavy atom. The van der Waals surface area contributed by atoms with Gasteiger partial charge < -0.3 is 15.2 Å². The zero-order chi connectivity index (χ0) is 15.4. The average Bonchev–Trinajstić information content (AvgIpc) is 2.56. The number of piperidine rings is 1. The van der Waals surface area contributed by atoms with Crippen LogP contribution in [0.2, 0.25) is 0 Å². The predicted octanol–water partition coefficient (Wildman–Crippen LogP) is 1.12. The highest BCUT2D eigenvalue weighted by molar-refractivity contribution is 5.52. The first kappa shape index (κ1) is 14.1. The maximum absolute atomic E-state index is 11.8. The molecule has 0 saturated carbocycles. The fourth-order valence-corrected chi connectivity index (χ4v) is 2.66. The third-order valence-electron chi connectivity index (χ3n) is 3.68. The van der Waals surface area contributed by atoms with Crippen molar-refractivity contribution in [3.05, 3.63) is 46.6 Å². The minimum absolute atomic E-state index is 0.122. The van der Waals surface area contributed by atoms with Crippen molar-refractivity contribution in [1.29, 1.82) is 5.26 Å². The second-order valence-electron chi connectivity index (χ2n) is 5.18. The summed E-state index contributed by atoms with van der Waals surface area (Å²) in [5.74, 6) is 1.03. The van der Waals surface area contributed by atoms with E-state index in [-0.39, 0.29) is 11.6 Å². The van der Waals surface area contributed by atoms with E-state index in [9.17, 15) is 4.79 Å². The second-order valence-corrected chi connectivity index (χ2v) is 5.18. The maximum atomic E-state index is 11.8. The van der Waals surface area contributed by atoms with Crippen LogP contribution in [-0.4, -0.2) is 34.1 Å². The van der Waals surface area contributed by atoms with Crippen LogP contribution >= 0.6 is 0 Å². The molecule has 1 fully saturated rings. The Kier molecular flexibility index (Phi) is 4.01. The SMILES string of the molecule is N#Cc1cccnc1N[C@H]1CCCN(c2ncc[nH]c2=O)C1. The van der Waals surface area contributed by atoms with E-state index in [1.807, 2.05) is 4.90 Å². The van der Waals surface area contributed by atoms with Crippen molar-refractivity contribution < 1.29 is 0 Å². The number of H-pyrrole nitrogens is 1. The van der Waals surface area contributed by atoms with Gasteiger partial charge in [-0.25, -0.2) is 9.97 Å². The van der Waals surface area contributed by atoms with Gasteiger partial charge in [0.2, 0.25) is 0 Å². The molecule has 0 amide bonds. The summed E-state index contributed by atoms with van der Waals surface area (Å²) in [5, 5.41) is 12.4. The lowest BCUT2D eigenvalue weighted by Crippen LogP contribution is -2.44. The summed E-state index contributed by atoms with van der Waals surface area (Å²) in [7, 11) is 0. The van der Waals surface area contributed by atoms with E-state index < -0.39 is 0 Å². The summed E-state index contributed by atoms with van der Waals surface area (Å²) in [6.07, 6.45) is 6.68. The first-order valence-electron chi connectivity index (χ1n) is 7.18. The third kappa shape index (κ3) is 2.91. The number of aromatic nitrogens is 3. The molecule has 1 aliphatic heterocycles. The Balaban J connectivity index is 1.75. The lowest BCUT2D eigenvalue weighted by atomic mass is 10.1. The Morgan fingerprint density at radius 2 is 2.32 bits per heavy atom. The summed E-state index contributed by atoms with van der Waals surface area (Å²) in [6.45, 7) is 1.45. The van der Waals surface area contributed by atoms with Gasteiger partial charge in [-0.15, -0.1) is 0 Å². The van der Waals surface area contributed by atoms with Crippen LogP contribution in [0.1, 0.15) is 18.4 Å². The summed E-state index contributed by atoms with van der Waals surface area (Å²) in [5.41, 5.74) is 0.342. The fraction of sp³-hybridized carbons (Fsp3) is 0.333. The standard InChI is InChI=1S/C15H16N6O/c16-9-11-3-1-5-17-13(11)20-12-4-2-8-21(10-12)14-15(22)19-7-6-18-14/h1,3,5-7,12H,2,4,8,10H2,(H,17,20)(H,19,22)/t12-/m0/s1. The highest BCUT2D eigenvalue weighted by Gasteiger charge is 2.23. The number of aromatic amines is 1. The van der Waals surface area contributed by atoms with E-state index in [0.29, 0.717) is 23.7 Å². The molecule has 0 aromatic carbocycles. The Labute approximate surface area is 127 Å². The first-order chi connectivity index (χ1) is 10.8. The number of anilines is 2. The molecule has 2 aromatic heterocycles. The lowest BCUT2D eigenvalue weighted by Gasteiger charge is -2.33. The molecule has 0 bridgehead atoms. The predicted molar refractivity (Wildman–Crippen MR) is 82.7 cm³/mol. The van der Waals surface area contributed by atoms with Crippen LogP contribution in [0.5, 0.6) is 0 Å². The number of pyridine rings is 1. The van der Waals surface area contributed by atoms with E-state index in [1.165, 1.54) is 6.20 Å². The number of nitrogens with zero attached hydrogens (tertiary/aromatic N) is 4. The van der Waals surface area contributed by atoms with E-state index in [1.54, 1.807) is 24.5 Å². The van der Waals surface area contributed by atoms with Crippen molar-refractivity contribution >= 4 is 11.6 Å². The van der Waals surface area contributed by atoms with Gasteiger partial charge in [-0.1, -0.05) is 0 Å². The summed E-state index contributed by atoms with van der Waals surface area (Å²) in [4.78, 5) is 24.8. The van der Waals surface area contributed by atoms with Crippen molar-refractivity contribution in [2.45, 2.75) is 18.9 Å². The van der Waals surface area contributed by atoms with E-state index >= 15 is 0 Å². The number of nitriles is 1. The molecule has 22 heavy (non-hydrogen) atoms. The number of hydrogen-bond acceptors (Lipinski definition) is 6. The highest BCUT2D eigenvalue weighted by atomic mass is 16.1. The van der Waals surface area contributed by atoms with Gasteiger partial charge in [-0.2, -0.15) is 5.26 Å². The average molecular weight is 296 g/mol. The van der Waals surface area contributed by atoms with Crippen molar-refractivity contribution in [2.75, 3.05) is 23.3 Å². The molecular formula is C15H16N6O. The molecule has 1 atom stereocenters. The quantitative estimate of drug-likeness (QED) is 0.880. The third-order valence-corrected chi connectivity index (χ3v) is 3.68. The molecule has 3 rings (SSSR count). The molecule has 3 heterocycles. The van der Waals surface area contributed by atoms with E-state index in [2.05, 4.69) is 26.3 Å².